The highest BCUT2D eigenvalue weighted by Crippen LogP contribution is 2.21. The van der Waals surface area contributed by atoms with E-state index in [0.717, 1.165) is 16.8 Å². The fourth-order valence-corrected chi connectivity index (χ4v) is 2.29. The smallest absolute Gasteiger partial charge is 0.265 e. The van der Waals surface area contributed by atoms with Crippen LogP contribution in [0.1, 0.15) is 24.5 Å². The molecule has 0 aromatic heterocycles. The van der Waals surface area contributed by atoms with Crippen molar-refractivity contribution >= 4 is 23.2 Å². The fourth-order valence-electron chi connectivity index (χ4n) is 2.11. The Hall–Kier alpha value is -2.00. The van der Waals surface area contributed by atoms with Gasteiger partial charge in [0, 0.05) is 10.7 Å². The van der Waals surface area contributed by atoms with Crippen LogP contribution >= 0.6 is 11.6 Å². The number of rotatable bonds is 5. The lowest BCUT2D eigenvalue weighted by Gasteiger charge is -2.18. The monoisotopic (exact) mass is 317 g/mol. The van der Waals surface area contributed by atoms with Crippen LogP contribution < -0.4 is 10.1 Å². The Morgan fingerprint density at radius 2 is 2.00 bits per heavy atom. The van der Waals surface area contributed by atoms with E-state index in [1.807, 2.05) is 39.0 Å². The first kappa shape index (κ1) is 16.4. The Bertz CT molecular complexity index is 670. The Morgan fingerprint density at radius 1 is 1.23 bits per heavy atom. The normalized spacial score (nSPS) is 11.8. The zero-order valence-corrected chi connectivity index (χ0v) is 13.8. The molecule has 0 heterocycles. The lowest BCUT2D eigenvalue weighted by Crippen LogP contribution is -2.32. The van der Waals surface area contributed by atoms with E-state index in [-0.39, 0.29) is 5.91 Å². The molecule has 1 amide bonds. The molecule has 0 aliphatic carbocycles. The lowest BCUT2D eigenvalue weighted by molar-refractivity contribution is -0.122. The minimum absolute atomic E-state index is 0.156. The molecule has 3 nitrogen and oxygen atoms in total. The Balaban J connectivity index is 2.10. The number of hydrogen-bond acceptors (Lipinski definition) is 2. The summed E-state index contributed by atoms with van der Waals surface area (Å²) in [6.07, 6.45) is 0.0156. The van der Waals surface area contributed by atoms with Crippen molar-refractivity contribution in [1.82, 2.24) is 0 Å². The van der Waals surface area contributed by atoms with Gasteiger partial charge >= 0.3 is 0 Å². The third-order valence-electron chi connectivity index (χ3n) is 3.39. The van der Waals surface area contributed by atoms with E-state index in [9.17, 15) is 4.79 Å². The summed E-state index contributed by atoms with van der Waals surface area (Å²) in [5.74, 6) is 0.437. The summed E-state index contributed by atoms with van der Waals surface area (Å²) in [5, 5.41) is 3.53. The van der Waals surface area contributed by atoms with Crippen LogP contribution in [0.2, 0.25) is 5.02 Å². The Labute approximate surface area is 136 Å². The Kier molecular flexibility index (Phi) is 5.45. The number of carbonyl (C=O) groups excluding carboxylic acids is 1. The maximum absolute atomic E-state index is 12.4. The molecule has 116 valence electrons. The van der Waals surface area contributed by atoms with Crippen molar-refractivity contribution < 1.29 is 9.53 Å². The van der Waals surface area contributed by atoms with Gasteiger partial charge in [0.15, 0.2) is 6.10 Å². The van der Waals surface area contributed by atoms with Gasteiger partial charge in [-0.05, 0) is 55.7 Å². The maximum Gasteiger partial charge on any atom is 0.265 e. The van der Waals surface area contributed by atoms with Gasteiger partial charge in [-0.15, -0.1) is 0 Å². The quantitative estimate of drug-likeness (QED) is 0.864. The lowest BCUT2D eigenvalue weighted by atomic mass is 10.1. The highest BCUT2D eigenvalue weighted by Gasteiger charge is 2.19. The molecule has 22 heavy (non-hydrogen) atoms. The average molecular weight is 318 g/mol. The minimum atomic E-state index is -0.557. The molecule has 1 N–H and O–H groups in total. The van der Waals surface area contributed by atoms with Crippen LogP contribution in [-0.2, 0) is 4.79 Å². The predicted molar refractivity (Wildman–Crippen MR) is 90.7 cm³/mol. The fraction of sp³-hybridized carbons (Fsp3) is 0.278. The molecule has 0 saturated heterocycles. The molecule has 4 heteroatoms. The number of halogens is 1. The van der Waals surface area contributed by atoms with Gasteiger partial charge in [0.25, 0.3) is 5.91 Å². The van der Waals surface area contributed by atoms with Crippen molar-refractivity contribution in [3.05, 3.63) is 58.6 Å². The summed E-state index contributed by atoms with van der Waals surface area (Å²) < 4.78 is 5.75. The van der Waals surface area contributed by atoms with Gasteiger partial charge < -0.3 is 10.1 Å². The maximum atomic E-state index is 12.4. The van der Waals surface area contributed by atoms with Crippen LogP contribution in [0.4, 0.5) is 5.69 Å². The second-order valence-corrected chi connectivity index (χ2v) is 5.72. The molecule has 2 aromatic carbocycles. The van der Waals surface area contributed by atoms with Crippen LogP contribution in [0.5, 0.6) is 5.75 Å². The van der Waals surface area contributed by atoms with Crippen LogP contribution in [0.3, 0.4) is 0 Å². The molecule has 0 saturated carbocycles. The van der Waals surface area contributed by atoms with E-state index in [1.165, 1.54) is 0 Å². The molecule has 1 unspecified atom stereocenters. The topological polar surface area (TPSA) is 38.3 Å². The van der Waals surface area contributed by atoms with Crippen molar-refractivity contribution in [2.24, 2.45) is 0 Å². The van der Waals surface area contributed by atoms with Gasteiger partial charge in [-0.25, -0.2) is 0 Å². The van der Waals surface area contributed by atoms with Crippen molar-refractivity contribution in [3.8, 4) is 5.75 Å². The van der Waals surface area contributed by atoms with E-state index in [2.05, 4.69) is 5.32 Å². The molecule has 0 bridgehead atoms. The SMILES string of the molecule is CCC(Oc1cccc(Cl)c1)C(=O)Nc1cc(C)ccc1C. The molecule has 0 spiro atoms. The van der Waals surface area contributed by atoms with Crippen molar-refractivity contribution in [1.29, 1.82) is 0 Å². The summed E-state index contributed by atoms with van der Waals surface area (Å²) in [6.45, 7) is 5.88. The van der Waals surface area contributed by atoms with Gasteiger partial charge in [0.1, 0.15) is 5.75 Å². The highest BCUT2D eigenvalue weighted by atomic mass is 35.5. The minimum Gasteiger partial charge on any atom is -0.481 e. The number of anilines is 1. The van der Waals surface area contributed by atoms with Gasteiger partial charge in [-0.1, -0.05) is 36.7 Å². The van der Waals surface area contributed by atoms with Crippen LogP contribution in [0.15, 0.2) is 42.5 Å². The second-order valence-electron chi connectivity index (χ2n) is 5.28. The summed E-state index contributed by atoms with van der Waals surface area (Å²) in [7, 11) is 0. The summed E-state index contributed by atoms with van der Waals surface area (Å²) >= 11 is 5.94. The predicted octanol–water partition coefficient (Wildman–Crippen LogP) is 4.75. The molecular weight excluding hydrogens is 298 g/mol. The number of carbonyl (C=O) groups is 1. The third kappa shape index (κ3) is 4.25. The van der Waals surface area contributed by atoms with Crippen molar-refractivity contribution in [2.75, 3.05) is 5.32 Å². The summed E-state index contributed by atoms with van der Waals surface area (Å²) in [6, 6.07) is 13.0. The molecule has 2 aromatic rings. The number of aryl methyl sites for hydroxylation is 2. The summed E-state index contributed by atoms with van der Waals surface area (Å²) in [5.41, 5.74) is 2.94. The number of benzene rings is 2. The molecule has 0 fully saturated rings. The van der Waals surface area contributed by atoms with Gasteiger partial charge in [0.2, 0.25) is 0 Å². The molecule has 0 aliphatic rings. The number of nitrogens with one attached hydrogen (secondary N) is 1. The van der Waals surface area contributed by atoms with Crippen LogP contribution in [-0.4, -0.2) is 12.0 Å². The van der Waals surface area contributed by atoms with E-state index >= 15 is 0 Å². The number of amides is 1. The van der Waals surface area contributed by atoms with Gasteiger partial charge in [0.05, 0.1) is 0 Å². The molecule has 0 radical (unpaired) electrons. The first-order valence-electron chi connectivity index (χ1n) is 7.30. The largest absolute Gasteiger partial charge is 0.481 e. The molecule has 0 aliphatic heterocycles. The van der Waals surface area contributed by atoms with Crippen LogP contribution in [0, 0.1) is 13.8 Å². The second kappa shape index (κ2) is 7.32. The van der Waals surface area contributed by atoms with Gasteiger partial charge in [-0.3, -0.25) is 4.79 Å². The van der Waals surface area contributed by atoms with Crippen molar-refractivity contribution in [2.45, 2.75) is 33.3 Å². The number of ether oxygens (including phenoxy) is 1. The first-order chi connectivity index (χ1) is 10.5. The average Bonchev–Trinajstić information content (AvgIpc) is 2.48. The van der Waals surface area contributed by atoms with E-state index in [4.69, 9.17) is 16.3 Å². The third-order valence-corrected chi connectivity index (χ3v) is 3.62. The zero-order chi connectivity index (χ0) is 16.1. The molecule has 1 atom stereocenters. The van der Waals surface area contributed by atoms with E-state index in [1.54, 1.807) is 24.3 Å². The van der Waals surface area contributed by atoms with Crippen molar-refractivity contribution in [3.63, 3.8) is 0 Å². The Morgan fingerprint density at radius 3 is 2.68 bits per heavy atom. The summed E-state index contributed by atoms with van der Waals surface area (Å²) in [4.78, 5) is 12.4. The van der Waals surface area contributed by atoms with E-state index < -0.39 is 6.10 Å². The molecule has 2 rings (SSSR count). The standard InChI is InChI=1S/C18H20ClNO2/c1-4-17(22-15-7-5-6-14(19)11-15)18(21)20-16-10-12(2)8-9-13(16)3/h5-11,17H,4H2,1-3H3,(H,20,21). The molecular formula is C18H20ClNO2. The van der Waals surface area contributed by atoms with E-state index in [0.29, 0.717) is 17.2 Å². The highest BCUT2D eigenvalue weighted by molar-refractivity contribution is 6.30. The first-order valence-corrected chi connectivity index (χ1v) is 7.67. The van der Waals surface area contributed by atoms with Gasteiger partial charge in [-0.2, -0.15) is 0 Å². The zero-order valence-electron chi connectivity index (χ0n) is 13.0. The van der Waals surface area contributed by atoms with Crippen LogP contribution in [0.25, 0.3) is 0 Å². The number of hydrogen-bond donors (Lipinski definition) is 1.